The van der Waals surface area contributed by atoms with Gasteiger partial charge in [-0.3, -0.25) is 14.9 Å². The monoisotopic (exact) mass is 284 g/mol. The molecule has 5 nitrogen and oxygen atoms in total. The molecule has 0 aliphatic heterocycles. The second kappa shape index (κ2) is 5.57. The number of carbonyl (C=O) groups is 1. The van der Waals surface area contributed by atoms with Gasteiger partial charge in [-0.2, -0.15) is 0 Å². The van der Waals surface area contributed by atoms with E-state index in [-0.39, 0.29) is 21.8 Å². The Labute approximate surface area is 117 Å². The molecule has 0 heterocycles. The van der Waals surface area contributed by atoms with Crippen LogP contribution in [0.5, 0.6) is 0 Å². The average Bonchev–Trinajstić information content (AvgIpc) is 2.36. The lowest BCUT2D eigenvalue weighted by molar-refractivity contribution is -0.385. The summed E-state index contributed by atoms with van der Waals surface area (Å²) in [6.45, 7) is 5.76. The van der Waals surface area contributed by atoms with Crippen LogP contribution < -0.4 is 0 Å². The summed E-state index contributed by atoms with van der Waals surface area (Å²) in [6.07, 6.45) is 0.740. The van der Waals surface area contributed by atoms with Crippen LogP contribution in [0.25, 0.3) is 0 Å². The number of nitrogens with zero attached hydrogens (tertiary/aromatic N) is 2. The van der Waals surface area contributed by atoms with Crippen LogP contribution in [0, 0.1) is 10.1 Å². The smallest absolute Gasteiger partial charge is 0.300 e. The molecular formula is C13H17ClN2O3. The molecule has 1 aromatic carbocycles. The van der Waals surface area contributed by atoms with Gasteiger partial charge in [0.2, 0.25) is 0 Å². The summed E-state index contributed by atoms with van der Waals surface area (Å²) < 4.78 is 0. The zero-order valence-corrected chi connectivity index (χ0v) is 12.2. The average molecular weight is 285 g/mol. The number of halogens is 1. The van der Waals surface area contributed by atoms with Crippen LogP contribution in [-0.4, -0.2) is 28.3 Å². The summed E-state index contributed by atoms with van der Waals surface area (Å²) in [6, 6.07) is 4.37. The predicted molar refractivity (Wildman–Crippen MR) is 74.6 cm³/mol. The Balaban J connectivity index is 3.28. The highest BCUT2D eigenvalue weighted by Gasteiger charge is 2.31. The van der Waals surface area contributed by atoms with Crippen molar-refractivity contribution < 1.29 is 9.72 Å². The summed E-state index contributed by atoms with van der Waals surface area (Å²) >= 11 is 5.81. The largest absolute Gasteiger partial charge is 0.336 e. The van der Waals surface area contributed by atoms with Crippen molar-refractivity contribution in [2.24, 2.45) is 0 Å². The summed E-state index contributed by atoms with van der Waals surface area (Å²) in [5, 5.41) is 11.0. The van der Waals surface area contributed by atoms with E-state index in [2.05, 4.69) is 0 Å². The van der Waals surface area contributed by atoms with Gasteiger partial charge >= 0.3 is 5.69 Å². The minimum atomic E-state index is -0.623. The molecule has 0 radical (unpaired) electrons. The Bertz CT molecular complexity index is 515. The first-order valence-electron chi connectivity index (χ1n) is 5.93. The third-order valence-corrected chi connectivity index (χ3v) is 3.78. The van der Waals surface area contributed by atoms with Gasteiger partial charge in [-0.25, -0.2) is 0 Å². The number of para-hydroxylation sites is 1. The first-order valence-corrected chi connectivity index (χ1v) is 6.31. The zero-order valence-electron chi connectivity index (χ0n) is 11.4. The highest BCUT2D eigenvalue weighted by Crippen LogP contribution is 2.30. The Kier molecular flexibility index (Phi) is 4.52. The molecule has 0 saturated carbocycles. The molecule has 19 heavy (non-hydrogen) atoms. The standard InChI is InChI=1S/C13H17ClN2O3/c1-5-13(2,3)15(4)12(17)9-7-6-8-10(14)11(9)16(18)19/h6-8H,5H2,1-4H3. The van der Waals surface area contributed by atoms with E-state index >= 15 is 0 Å². The van der Waals surface area contributed by atoms with Gasteiger partial charge in [-0.1, -0.05) is 24.6 Å². The van der Waals surface area contributed by atoms with E-state index in [1.54, 1.807) is 7.05 Å². The van der Waals surface area contributed by atoms with E-state index in [0.29, 0.717) is 0 Å². The van der Waals surface area contributed by atoms with Gasteiger partial charge in [0.15, 0.2) is 0 Å². The van der Waals surface area contributed by atoms with Crippen LogP contribution in [0.15, 0.2) is 18.2 Å². The second-order valence-electron chi connectivity index (χ2n) is 4.92. The summed E-state index contributed by atoms with van der Waals surface area (Å²) in [5.41, 5.74) is -0.706. The maximum Gasteiger partial charge on any atom is 0.300 e. The van der Waals surface area contributed by atoms with Crippen LogP contribution in [0.3, 0.4) is 0 Å². The molecule has 6 heteroatoms. The molecular weight excluding hydrogens is 268 g/mol. The van der Waals surface area contributed by atoms with Gasteiger partial charge < -0.3 is 4.90 Å². The Hall–Kier alpha value is -1.62. The highest BCUT2D eigenvalue weighted by atomic mass is 35.5. The molecule has 1 aromatic rings. The van der Waals surface area contributed by atoms with E-state index in [4.69, 9.17) is 11.6 Å². The highest BCUT2D eigenvalue weighted by molar-refractivity contribution is 6.33. The molecule has 0 aromatic heterocycles. The van der Waals surface area contributed by atoms with Gasteiger partial charge in [0.25, 0.3) is 5.91 Å². The minimum Gasteiger partial charge on any atom is -0.336 e. The molecule has 0 atom stereocenters. The van der Waals surface area contributed by atoms with Crippen LogP contribution in [0.4, 0.5) is 5.69 Å². The van der Waals surface area contributed by atoms with E-state index in [9.17, 15) is 14.9 Å². The Morgan fingerprint density at radius 1 is 1.47 bits per heavy atom. The van der Waals surface area contributed by atoms with E-state index in [1.165, 1.54) is 23.1 Å². The molecule has 104 valence electrons. The van der Waals surface area contributed by atoms with Crippen LogP contribution >= 0.6 is 11.6 Å². The van der Waals surface area contributed by atoms with Gasteiger partial charge in [0.1, 0.15) is 10.6 Å². The molecule has 0 aliphatic carbocycles. The topological polar surface area (TPSA) is 63.5 Å². The predicted octanol–water partition coefficient (Wildman–Crippen LogP) is 3.51. The fraction of sp³-hybridized carbons (Fsp3) is 0.462. The van der Waals surface area contributed by atoms with E-state index in [1.807, 2.05) is 20.8 Å². The van der Waals surface area contributed by atoms with Crippen LogP contribution in [0.1, 0.15) is 37.6 Å². The quantitative estimate of drug-likeness (QED) is 0.628. The molecule has 0 fully saturated rings. The van der Waals surface area contributed by atoms with Crippen molar-refractivity contribution in [1.82, 2.24) is 4.90 Å². The first-order chi connectivity index (χ1) is 8.72. The lowest BCUT2D eigenvalue weighted by Gasteiger charge is -2.34. The zero-order chi connectivity index (χ0) is 14.8. The van der Waals surface area contributed by atoms with Crippen LogP contribution in [0.2, 0.25) is 5.02 Å². The number of benzene rings is 1. The first kappa shape index (κ1) is 15.4. The summed E-state index contributed by atoms with van der Waals surface area (Å²) in [4.78, 5) is 24.3. The van der Waals surface area contributed by atoms with Gasteiger partial charge in [0, 0.05) is 12.6 Å². The van der Waals surface area contributed by atoms with Crippen molar-refractivity contribution >= 4 is 23.2 Å². The number of nitro groups is 1. The molecule has 0 saturated heterocycles. The number of carbonyl (C=O) groups excluding carboxylic acids is 1. The number of nitro benzene ring substituents is 1. The van der Waals surface area contributed by atoms with Gasteiger partial charge in [-0.05, 0) is 32.4 Å². The molecule has 0 spiro atoms. The number of amides is 1. The summed E-state index contributed by atoms with van der Waals surface area (Å²) in [5.74, 6) is -0.402. The lowest BCUT2D eigenvalue weighted by atomic mass is 9.98. The van der Waals surface area contributed by atoms with Gasteiger partial charge in [0.05, 0.1) is 4.92 Å². The van der Waals surface area contributed by atoms with Gasteiger partial charge in [-0.15, -0.1) is 0 Å². The van der Waals surface area contributed by atoms with Crippen molar-refractivity contribution in [2.45, 2.75) is 32.7 Å². The minimum absolute atomic E-state index is 0.0153. The van der Waals surface area contributed by atoms with Crippen molar-refractivity contribution in [3.8, 4) is 0 Å². The maximum atomic E-state index is 12.4. The van der Waals surface area contributed by atoms with E-state index < -0.39 is 10.8 Å². The maximum absolute atomic E-state index is 12.4. The third kappa shape index (κ3) is 3.04. The molecule has 0 bridgehead atoms. The Morgan fingerprint density at radius 3 is 2.53 bits per heavy atom. The molecule has 1 amide bonds. The van der Waals surface area contributed by atoms with Crippen molar-refractivity contribution in [1.29, 1.82) is 0 Å². The van der Waals surface area contributed by atoms with Crippen molar-refractivity contribution in [3.63, 3.8) is 0 Å². The number of rotatable bonds is 4. The third-order valence-electron chi connectivity index (χ3n) is 3.48. The Morgan fingerprint density at radius 2 is 2.05 bits per heavy atom. The molecule has 0 N–H and O–H groups in total. The lowest BCUT2D eigenvalue weighted by Crippen LogP contribution is -2.44. The molecule has 0 unspecified atom stereocenters. The SMILES string of the molecule is CCC(C)(C)N(C)C(=O)c1cccc(Cl)c1[N+](=O)[O-]. The fourth-order valence-electron chi connectivity index (χ4n) is 1.57. The number of hydrogen-bond acceptors (Lipinski definition) is 3. The normalized spacial score (nSPS) is 11.2. The molecule has 1 rings (SSSR count). The van der Waals surface area contributed by atoms with Crippen molar-refractivity contribution in [2.75, 3.05) is 7.05 Å². The van der Waals surface area contributed by atoms with Crippen molar-refractivity contribution in [3.05, 3.63) is 38.9 Å². The second-order valence-corrected chi connectivity index (χ2v) is 5.33. The number of hydrogen-bond donors (Lipinski definition) is 0. The fourth-order valence-corrected chi connectivity index (χ4v) is 1.81. The van der Waals surface area contributed by atoms with E-state index in [0.717, 1.165) is 6.42 Å². The molecule has 0 aliphatic rings. The van der Waals surface area contributed by atoms with Crippen LogP contribution in [-0.2, 0) is 0 Å². The summed E-state index contributed by atoms with van der Waals surface area (Å²) in [7, 11) is 1.64.